The molecular weight excluding hydrogens is 358 g/mol. The first kappa shape index (κ1) is 17.9. The van der Waals surface area contributed by atoms with Crippen molar-refractivity contribution in [1.82, 2.24) is 9.55 Å². The van der Waals surface area contributed by atoms with Crippen molar-refractivity contribution in [3.63, 3.8) is 0 Å². The van der Waals surface area contributed by atoms with Gasteiger partial charge in [-0.3, -0.25) is 9.36 Å². The molecule has 1 atom stereocenters. The lowest BCUT2D eigenvalue weighted by molar-refractivity contribution is -0.116. The third-order valence-corrected chi connectivity index (χ3v) is 4.91. The van der Waals surface area contributed by atoms with E-state index < -0.39 is 0 Å². The van der Waals surface area contributed by atoms with Gasteiger partial charge in [-0.2, -0.15) is 0 Å². The maximum absolute atomic E-state index is 12.5. The van der Waals surface area contributed by atoms with Crippen LogP contribution in [-0.2, 0) is 4.79 Å². The molecular formula is C21H21N3O4. The third kappa shape index (κ3) is 3.05. The predicted molar refractivity (Wildman–Crippen MR) is 105 cm³/mol. The summed E-state index contributed by atoms with van der Waals surface area (Å²) in [6.45, 7) is 0. The monoisotopic (exact) mass is 379 g/mol. The average Bonchev–Trinajstić information content (AvgIpc) is 3.16. The van der Waals surface area contributed by atoms with E-state index in [0.717, 1.165) is 22.7 Å². The van der Waals surface area contributed by atoms with Gasteiger partial charge in [0.15, 0.2) is 11.5 Å². The van der Waals surface area contributed by atoms with Gasteiger partial charge in [-0.1, -0.05) is 12.1 Å². The maximum Gasteiger partial charge on any atom is 0.226 e. The molecule has 0 aliphatic carbocycles. The second-order valence-electron chi connectivity index (χ2n) is 6.47. The summed E-state index contributed by atoms with van der Waals surface area (Å²) in [5.41, 5.74) is 2.63. The second-order valence-corrected chi connectivity index (χ2v) is 6.47. The molecule has 0 spiro atoms. The molecule has 2 aromatic carbocycles. The fourth-order valence-corrected chi connectivity index (χ4v) is 3.51. The van der Waals surface area contributed by atoms with Crippen LogP contribution >= 0.6 is 0 Å². The number of nitrogens with one attached hydrogen (secondary N) is 1. The standard InChI is InChI=1S/C21H21N3O4/c1-26-15-6-4-5-14(10-15)24-12-22-20-16(11-19(25)23-21(20)24)13-7-8-17(27-2)18(9-13)28-3/h4-10,12,16H,11H2,1-3H3,(H,23,25). The van der Waals surface area contributed by atoms with Crippen molar-refractivity contribution in [2.24, 2.45) is 0 Å². The van der Waals surface area contributed by atoms with E-state index in [1.165, 1.54) is 0 Å². The van der Waals surface area contributed by atoms with Crippen molar-refractivity contribution in [2.45, 2.75) is 12.3 Å². The van der Waals surface area contributed by atoms with E-state index in [1.807, 2.05) is 47.0 Å². The number of nitrogens with zero attached hydrogens (tertiary/aromatic N) is 2. The molecule has 1 unspecified atom stereocenters. The van der Waals surface area contributed by atoms with Gasteiger partial charge in [0, 0.05) is 18.4 Å². The van der Waals surface area contributed by atoms with Crippen LogP contribution in [0.25, 0.3) is 5.69 Å². The normalized spacial score (nSPS) is 15.5. The van der Waals surface area contributed by atoms with Gasteiger partial charge in [0.25, 0.3) is 0 Å². The molecule has 1 amide bonds. The highest BCUT2D eigenvalue weighted by atomic mass is 16.5. The molecule has 0 saturated heterocycles. The molecule has 144 valence electrons. The number of rotatable bonds is 5. The van der Waals surface area contributed by atoms with Gasteiger partial charge in [0.2, 0.25) is 5.91 Å². The molecule has 0 bridgehead atoms. The minimum absolute atomic E-state index is 0.0584. The Morgan fingerprint density at radius 2 is 1.86 bits per heavy atom. The number of hydrogen-bond donors (Lipinski definition) is 1. The average molecular weight is 379 g/mol. The third-order valence-electron chi connectivity index (χ3n) is 4.91. The lowest BCUT2D eigenvalue weighted by atomic mass is 9.89. The highest BCUT2D eigenvalue weighted by molar-refractivity contribution is 5.94. The smallest absolute Gasteiger partial charge is 0.226 e. The number of carbonyl (C=O) groups is 1. The summed E-state index contributed by atoms with van der Waals surface area (Å²) in [4.78, 5) is 17.1. The number of hydrogen-bond acceptors (Lipinski definition) is 5. The maximum atomic E-state index is 12.5. The highest BCUT2D eigenvalue weighted by Gasteiger charge is 2.31. The lowest BCUT2D eigenvalue weighted by Crippen LogP contribution is -2.25. The SMILES string of the molecule is COc1cccc(-n2cnc3c2NC(=O)CC3c2ccc(OC)c(OC)c2)c1. The number of amides is 1. The van der Waals surface area contributed by atoms with Crippen LogP contribution in [0.1, 0.15) is 23.6 Å². The molecule has 28 heavy (non-hydrogen) atoms. The first-order chi connectivity index (χ1) is 13.6. The van der Waals surface area contributed by atoms with Gasteiger partial charge in [0.05, 0.1) is 32.7 Å². The fourth-order valence-electron chi connectivity index (χ4n) is 3.51. The molecule has 3 aromatic rings. The van der Waals surface area contributed by atoms with Crippen LogP contribution in [-0.4, -0.2) is 36.8 Å². The first-order valence-electron chi connectivity index (χ1n) is 8.88. The molecule has 7 heteroatoms. The van der Waals surface area contributed by atoms with Crippen LogP contribution in [0.4, 0.5) is 5.82 Å². The molecule has 2 heterocycles. The number of benzene rings is 2. The topological polar surface area (TPSA) is 74.6 Å². The van der Waals surface area contributed by atoms with E-state index >= 15 is 0 Å². The molecule has 0 radical (unpaired) electrons. The molecule has 1 aliphatic heterocycles. The summed E-state index contributed by atoms with van der Waals surface area (Å²) >= 11 is 0. The Kier molecular flexibility index (Phi) is 4.65. The van der Waals surface area contributed by atoms with Crippen molar-refractivity contribution in [2.75, 3.05) is 26.6 Å². The predicted octanol–water partition coefficient (Wildman–Crippen LogP) is 3.37. The summed E-state index contributed by atoms with van der Waals surface area (Å²) in [6, 6.07) is 13.3. The fraction of sp³-hybridized carbons (Fsp3) is 0.238. The largest absolute Gasteiger partial charge is 0.497 e. The first-order valence-corrected chi connectivity index (χ1v) is 8.88. The number of aromatic nitrogens is 2. The Labute approximate surface area is 162 Å². The Balaban J connectivity index is 1.78. The van der Waals surface area contributed by atoms with Crippen molar-refractivity contribution in [3.8, 4) is 22.9 Å². The van der Waals surface area contributed by atoms with Gasteiger partial charge in [-0.15, -0.1) is 0 Å². The van der Waals surface area contributed by atoms with E-state index in [-0.39, 0.29) is 11.8 Å². The van der Waals surface area contributed by atoms with Crippen molar-refractivity contribution in [1.29, 1.82) is 0 Å². The van der Waals surface area contributed by atoms with E-state index in [1.54, 1.807) is 27.7 Å². The van der Waals surface area contributed by atoms with Gasteiger partial charge >= 0.3 is 0 Å². The second kappa shape index (κ2) is 7.26. The summed E-state index contributed by atoms with van der Waals surface area (Å²) in [7, 11) is 4.81. The molecule has 7 nitrogen and oxygen atoms in total. The van der Waals surface area contributed by atoms with Gasteiger partial charge in [-0.25, -0.2) is 4.98 Å². The summed E-state index contributed by atoms with van der Waals surface area (Å²) < 4.78 is 17.9. The number of methoxy groups -OCH3 is 3. The van der Waals surface area contributed by atoms with Crippen molar-refractivity contribution >= 4 is 11.7 Å². The van der Waals surface area contributed by atoms with E-state index in [9.17, 15) is 4.79 Å². The minimum Gasteiger partial charge on any atom is -0.497 e. The van der Waals surface area contributed by atoms with Crippen molar-refractivity contribution < 1.29 is 19.0 Å². The summed E-state index contributed by atoms with van der Waals surface area (Å²) in [5, 5.41) is 2.96. The number of anilines is 1. The van der Waals surface area contributed by atoms with Gasteiger partial charge in [0.1, 0.15) is 17.9 Å². The van der Waals surface area contributed by atoms with Gasteiger partial charge in [-0.05, 0) is 29.8 Å². The highest BCUT2D eigenvalue weighted by Crippen LogP contribution is 2.40. The van der Waals surface area contributed by atoms with E-state index in [2.05, 4.69) is 10.3 Å². The lowest BCUT2D eigenvalue weighted by Gasteiger charge is -2.24. The van der Waals surface area contributed by atoms with E-state index in [4.69, 9.17) is 14.2 Å². The van der Waals surface area contributed by atoms with E-state index in [0.29, 0.717) is 23.7 Å². The van der Waals surface area contributed by atoms with Crippen molar-refractivity contribution in [3.05, 3.63) is 60.0 Å². The molecule has 4 rings (SSSR count). The molecule has 0 fully saturated rings. The zero-order valence-electron chi connectivity index (χ0n) is 15.9. The zero-order chi connectivity index (χ0) is 19.7. The molecule has 0 saturated carbocycles. The molecule has 1 aromatic heterocycles. The Morgan fingerprint density at radius 1 is 1.04 bits per heavy atom. The number of carbonyl (C=O) groups excluding carboxylic acids is 1. The minimum atomic E-state index is -0.171. The Bertz CT molecular complexity index is 1030. The van der Waals surface area contributed by atoms with Gasteiger partial charge < -0.3 is 19.5 Å². The summed E-state index contributed by atoms with van der Waals surface area (Å²) in [5.74, 6) is 2.45. The summed E-state index contributed by atoms with van der Waals surface area (Å²) in [6.07, 6.45) is 2.04. The Morgan fingerprint density at radius 3 is 2.61 bits per heavy atom. The van der Waals surface area contributed by atoms with Crippen LogP contribution in [0.2, 0.25) is 0 Å². The van der Waals surface area contributed by atoms with Crippen LogP contribution in [0, 0.1) is 0 Å². The number of ether oxygens (including phenoxy) is 3. The quantitative estimate of drug-likeness (QED) is 0.736. The molecule has 1 N–H and O–H groups in total. The number of imidazole rings is 1. The Hall–Kier alpha value is -3.48. The zero-order valence-corrected chi connectivity index (χ0v) is 15.9. The number of fused-ring (bicyclic) bond motifs is 1. The van der Waals surface area contributed by atoms with Crippen LogP contribution in [0.15, 0.2) is 48.8 Å². The van der Waals surface area contributed by atoms with Crippen LogP contribution in [0.5, 0.6) is 17.2 Å². The van der Waals surface area contributed by atoms with Crippen LogP contribution < -0.4 is 19.5 Å². The van der Waals surface area contributed by atoms with Crippen LogP contribution in [0.3, 0.4) is 0 Å². The molecule has 1 aliphatic rings.